The predicted octanol–water partition coefficient (Wildman–Crippen LogP) is 3.82. The molecule has 23 heavy (non-hydrogen) atoms. The number of aliphatic hydroxyl groups is 1. The molecule has 0 amide bonds. The van der Waals surface area contributed by atoms with Crippen molar-refractivity contribution >= 4 is 38.3 Å². The van der Waals surface area contributed by atoms with Crippen LogP contribution in [0.1, 0.15) is 5.56 Å². The second kappa shape index (κ2) is 6.93. The molecule has 6 heteroatoms. The number of ether oxygens (including phenoxy) is 1. The third-order valence-electron chi connectivity index (χ3n) is 3.38. The Morgan fingerprint density at radius 2 is 2.04 bits per heavy atom. The van der Waals surface area contributed by atoms with E-state index in [0.29, 0.717) is 0 Å². The number of aliphatic hydroxyl groups excluding tert-OH is 1. The SMILES string of the molecule is Cc1cc(Nc2ncnc3ccc(Br)cc23)ccc1OCCO. The van der Waals surface area contributed by atoms with Gasteiger partial charge in [0, 0.05) is 15.5 Å². The highest BCUT2D eigenvalue weighted by Crippen LogP contribution is 2.28. The zero-order valence-electron chi connectivity index (χ0n) is 12.6. The molecule has 0 radical (unpaired) electrons. The van der Waals surface area contributed by atoms with E-state index in [-0.39, 0.29) is 13.2 Å². The Hall–Kier alpha value is -2.18. The highest BCUT2D eigenvalue weighted by Gasteiger charge is 2.06. The zero-order valence-corrected chi connectivity index (χ0v) is 14.2. The van der Waals surface area contributed by atoms with Crippen LogP contribution in [-0.2, 0) is 0 Å². The van der Waals surface area contributed by atoms with Crippen LogP contribution in [0.25, 0.3) is 10.9 Å². The summed E-state index contributed by atoms with van der Waals surface area (Å²) in [5.74, 6) is 1.51. The van der Waals surface area contributed by atoms with Crippen molar-refractivity contribution in [3.8, 4) is 5.75 Å². The van der Waals surface area contributed by atoms with Gasteiger partial charge in [0.25, 0.3) is 0 Å². The van der Waals surface area contributed by atoms with Crippen LogP contribution in [0.15, 0.2) is 47.2 Å². The lowest BCUT2D eigenvalue weighted by atomic mass is 10.2. The van der Waals surface area contributed by atoms with E-state index in [4.69, 9.17) is 9.84 Å². The molecular formula is C17H16BrN3O2. The molecule has 0 spiro atoms. The van der Waals surface area contributed by atoms with Gasteiger partial charge in [0.05, 0.1) is 12.1 Å². The first-order valence-electron chi connectivity index (χ1n) is 7.19. The first-order chi connectivity index (χ1) is 11.2. The summed E-state index contributed by atoms with van der Waals surface area (Å²) in [4.78, 5) is 8.61. The Kier molecular flexibility index (Phi) is 4.73. The topological polar surface area (TPSA) is 67.3 Å². The Morgan fingerprint density at radius 1 is 1.17 bits per heavy atom. The number of benzene rings is 2. The lowest BCUT2D eigenvalue weighted by molar-refractivity contribution is 0.200. The highest BCUT2D eigenvalue weighted by atomic mass is 79.9. The summed E-state index contributed by atoms with van der Waals surface area (Å²) in [5, 5.41) is 13.1. The Balaban J connectivity index is 1.90. The molecule has 0 bridgehead atoms. The van der Waals surface area contributed by atoms with Crippen molar-refractivity contribution in [3.63, 3.8) is 0 Å². The maximum atomic E-state index is 8.84. The van der Waals surface area contributed by atoms with Gasteiger partial charge in [0.2, 0.25) is 0 Å². The van der Waals surface area contributed by atoms with Crippen LogP contribution >= 0.6 is 15.9 Å². The second-order valence-corrected chi connectivity index (χ2v) is 5.98. The molecule has 1 aromatic heterocycles. The van der Waals surface area contributed by atoms with Crippen LogP contribution in [0.3, 0.4) is 0 Å². The maximum Gasteiger partial charge on any atom is 0.141 e. The number of nitrogens with one attached hydrogen (secondary N) is 1. The summed E-state index contributed by atoms with van der Waals surface area (Å²) >= 11 is 3.48. The standard InChI is InChI=1S/C17H16BrN3O2/c1-11-8-13(3-5-16(11)23-7-6-22)21-17-14-9-12(18)2-4-15(14)19-10-20-17/h2-5,8-10,22H,6-7H2,1H3,(H,19,20,21). The molecule has 118 valence electrons. The maximum absolute atomic E-state index is 8.84. The van der Waals surface area contributed by atoms with Crippen molar-refractivity contribution in [1.82, 2.24) is 9.97 Å². The van der Waals surface area contributed by atoms with E-state index in [9.17, 15) is 0 Å². The number of hydrogen-bond donors (Lipinski definition) is 2. The molecule has 0 saturated carbocycles. The number of anilines is 2. The van der Waals surface area contributed by atoms with Crippen molar-refractivity contribution in [1.29, 1.82) is 0 Å². The normalized spacial score (nSPS) is 10.7. The van der Waals surface area contributed by atoms with E-state index in [0.717, 1.165) is 38.2 Å². The number of hydrogen-bond acceptors (Lipinski definition) is 5. The van der Waals surface area contributed by atoms with E-state index >= 15 is 0 Å². The Morgan fingerprint density at radius 3 is 2.83 bits per heavy atom. The second-order valence-electron chi connectivity index (χ2n) is 5.06. The molecule has 0 aliphatic carbocycles. The van der Waals surface area contributed by atoms with Crippen LogP contribution in [0.5, 0.6) is 5.75 Å². The molecule has 0 unspecified atom stereocenters. The fourth-order valence-electron chi connectivity index (χ4n) is 2.31. The van der Waals surface area contributed by atoms with E-state index in [1.54, 1.807) is 6.33 Å². The number of nitrogens with zero attached hydrogens (tertiary/aromatic N) is 2. The van der Waals surface area contributed by atoms with E-state index in [1.807, 2.05) is 43.3 Å². The number of halogens is 1. The average molecular weight is 374 g/mol. The van der Waals surface area contributed by atoms with Gasteiger partial charge >= 0.3 is 0 Å². The lowest BCUT2D eigenvalue weighted by Crippen LogP contribution is -2.03. The van der Waals surface area contributed by atoms with Crippen LogP contribution < -0.4 is 10.1 Å². The van der Waals surface area contributed by atoms with Gasteiger partial charge in [-0.1, -0.05) is 15.9 Å². The molecule has 2 aromatic carbocycles. The lowest BCUT2D eigenvalue weighted by Gasteiger charge is -2.12. The molecule has 0 saturated heterocycles. The third-order valence-corrected chi connectivity index (χ3v) is 3.88. The zero-order chi connectivity index (χ0) is 16.2. The molecule has 2 N–H and O–H groups in total. The largest absolute Gasteiger partial charge is 0.491 e. The molecule has 3 rings (SSSR count). The van der Waals surface area contributed by atoms with Crippen LogP contribution in [0.2, 0.25) is 0 Å². The van der Waals surface area contributed by atoms with Crippen LogP contribution in [-0.4, -0.2) is 28.3 Å². The average Bonchev–Trinajstić information content (AvgIpc) is 2.55. The Bertz CT molecular complexity index is 839. The van der Waals surface area contributed by atoms with Gasteiger partial charge in [0.1, 0.15) is 24.5 Å². The summed E-state index contributed by atoms with van der Waals surface area (Å²) in [6.07, 6.45) is 1.55. The predicted molar refractivity (Wildman–Crippen MR) is 94.3 cm³/mol. The summed E-state index contributed by atoms with van der Waals surface area (Å²) in [6, 6.07) is 11.7. The molecule has 0 fully saturated rings. The molecule has 0 aliphatic heterocycles. The van der Waals surface area contributed by atoms with Crippen molar-refractivity contribution in [2.24, 2.45) is 0 Å². The summed E-state index contributed by atoms with van der Waals surface area (Å²) in [5.41, 5.74) is 2.78. The minimum absolute atomic E-state index is 0.00123. The van der Waals surface area contributed by atoms with E-state index < -0.39 is 0 Å². The Labute approximate surface area is 142 Å². The number of rotatable bonds is 5. The molecule has 5 nitrogen and oxygen atoms in total. The third kappa shape index (κ3) is 3.60. The van der Waals surface area contributed by atoms with Gasteiger partial charge < -0.3 is 15.2 Å². The quantitative estimate of drug-likeness (QED) is 0.711. The van der Waals surface area contributed by atoms with Gasteiger partial charge in [-0.25, -0.2) is 9.97 Å². The first-order valence-corrected chi connectivity index (χ1v) is 7.98. The van der Waals surface area contributed by atoms with Gasteiger partial charge in [0.15, 0.2) is 0 Å². The van der Waals surface area contributed by atoms with Crippen LogP contribution in [0.4, 0.5) is 11.5 Å². The van der Waals surface area contributed by atoms with E-state index in [2.05, 4.69) is 31.2 Å². The molecule has 3 aromatic rings. The van der Waals surface area contributed by atoms with Crippen molar-refractivity contribution < 1.29 is 9.84 Å². The fraction of sp³-hybridized carbons (Fsp3) is 0.176. The molecule has 0 atom stereocenters. The molecule has 0 aliphatic rings. The number of fused-ring (bicyclic) bond motifs is 1. The van der Waals surface area contributed by atoms with E-state index in [1.165, 1.54) is 0 Å². The summed E-state index contributed by atoms with van der Waals surface area (Å²) < 4.78 is 6.45. The minimum atomic E-state index is 0.00123. The number of aryl methyl sites for hydroxylation is 1. The minimum Gasteiger partial charge on any atom is -0.491 e. The van der Waals surface area contributed by atoms with Gasteiger partial charge in [-0.3, -0.25) is 0 Å². The van der Waals surface area contributed by atoms with Crippen molar-refractivity contribution in [3.05, 3.63) is 52.8 Å². The summed E-state index contributed by atoms with van der Waals surface area (Å²) in [6.45, 7) is 2.26. The van der Waals surface area contributed by atoms with Gasteiger partial charge in [-0.2, -0.15) is 0 Å². The molecular weight excluding hydrogens is 358 g/mol. The molecule has 1 heterocycles. The van der Waals surface area contributed by atoms with Crippen molar-refractivity contribution in [2.75, 3.05) is 18.5 Å². The smallest absolute Gasteiger partial charge is 0.141 e. The van der Waals surface area contributed by atoms with Gasteiger partial charge in [-0.05, 0) is 48.9 Å². The van der Waals surface area contributed by atoms with Gasteiger partial charge in [-0.15, -0.1) is 0 Å². The number of aromatic nitrogens is 2. The fourth-order valence-corrected chi connectivity index (χ4v) is 2.67. The van der Waals surface area contributed by atoms with Crippen molar-refractivity contribution in [2.45, 2.75) is 6.92 Å². The summed E-state index contributed by atoms with van der Waals surface area (Å²) in [7, 11) is 0. The van der Waals surface area contributed by atoms with Crippen LogP contribution in [0, 0.1) is 6.92 Å². The highest BCUT2D eigenvalue weighted by molar-refractivity contribution is 9.10. The first kappa shape index (κ1) is 15.7. The monoisotopic (exact) mass is 373 g/mol.